The Bertz CT molecular complexity index is 1270. The second-order valence-electron chi connectivity index (χ2n) is 8.15. The number of para-hydroxylation sites is 1. The number of fused-ring (bicyclic) bond motifs is 1. The fraction of sp³-hybridized carbons (Fsp3) is 0.269. The molecule has 5 rings (SSSR count). The number of furan rings is 1. The van der Waals surface area contributed by atoms with Crippen molar-refractivity contribution in [2.45, 2.75) is 25.8 Å². The molecule has 3 heterocycles. The van der Waals surface area contributed by atoms with Crippen LogP contribution in [0.5, 0.6) is 5.75 Å². The van der Waals surface area contributed by atoms with Gasteiger partial charge >= 0.3 is 0 Å². The first-order valence-electron chi connectivity index (χ1n) is 11.4. The number of hydrogen-bond donors (Lipinski definition) is 1. The van der Waals surface area contributed by atoms with E-state index in [1.54, 1.807) is 24.3 Å². The number of amides is 2. The number of piperidine rings is 1. The van der Waals surface area contributed by atoms with Crippen molar-refractivity contribution in [3.63, 3.8) is 0 Å². The monoisotopic (exact) mass is 475 g/mol. The molecule has 0 radical (unpaired) electrons. The van der Waals surface area contributed by atoms with Gasteiger partial charge in [0.2, 0.25) is 0 Å². The van der Waals surface area contributed by atoms with Crippen molar-refractivity contribution in [3.05, 3.63) is 72.0 Å². The van der Waals surface area contributed by atoms with Gasteiger partial charge in [0.05, 0.1) is 16.8 Å². The summed E-state index contributed by atoms with van der Waals surface area (Å²) in [5, 5.41) is 3.79. The summed E-state index contributed by atoms with van der Waals surface area (Å²) in [6, 6.07) is 18.6. The molecule has 4 aromatic rings. The highest BCUT2D eigenvalue weighted by molar-refractivity contribution is 7.21. The lowest BCUT2D eigenvalue weighted by Crippen LogP contribution is -2.46. The van der Waals surface area contributed by atoms with Crippen LogP contribution in [0, 0.1) is 0 Å². The highest BCUT2D eigenvalue weighted by Crippen LogP contribution is 2.31. The summed E-state index contributed by atoms with van der Waals surface area (Å²) in [6.07, 6.45) is 1.39. The molecule has 2 aromatic carbocycles. The van der Waals surface area contributed by atoms with Crippen LogP contribution in [0.2, 0.25) is 0 Å². The molecule has 2 aromatic heterocycles. The van der Waals surface area contributed by atoms with E-state index in [2.05, 4.69) is 10.3 Å². The van der Waals surface area contributed by atoms with E-state index < -0.39 is 0 Å². The van der Waals surface area contributed by atoms with E-state index >= 15 is 0 Å². The van der Waals surface area contributed by atoms with Gasteiger partial charge < -0.3 is 19.4 Å². The van der Waals surface area contributed by atoms with Crippen molar-refractivity contribution >= 4 is 33.4 Å². The zero-order valence-electron chi connectivity index (χ0n) is 18.8. The van der Waals surface area contributed by atoms with Gasteiger partial charge in [-0.2, -0.15) is 0 Å². The average Bonchev–Trinajstić information content (AvgIpc) is 3.52. The molecule has 174 valence electrons. The van der Waals surface area contributed by atoms with Gasteiger partial charge in [-0.3, -0.25) is 9.59 Å². The third-order valence-corrected chi connectivity index (χ3v) is 6.92. The standard InChI is InChI=1S/C26H25N3O4S/c1-2-32-19-9-7-17(8-10-19)26(31)29-15-13-18(14-16-29)27-24(30)21-11-12-22(33-21)25-28-20-5-3-4-6-23(20)34-25/h3-12,18H,2,13-16H2,1H3,(H,27,30). The van der Waals surface area contributed by atoms with Crippen molar-refractivity contribution in [3.8, 4) is 16.5 Å². The summed E-state index contributed by atoms with van der Waals surface area (Å²) in [5.41, 5.74) is 1.56. The Labute approximate surface area is 201 Å². The van der Waals surface area contributed by atoms with Gasteiger partial charge in [-0.25, -0.2) is 4.98 Å². The molecule has 2 amide bonds. The summed E-state index contributed by atoms with van der Waals surface area (Å²) in [5.74, 6) is 1.36. The summed E-state index contributed by atoms with van der Waals surface area (Å²) in [7, 11) is 0. The Morgan fingerprint density at radius 3 is 2.59 bits per heavy atom. The van der Waals surface area contributed by atoms with Crippen LogP contribution in [0.15, 0.2) is 65.1 Å². The number of ether oxygens (including phenoxy) is 1. The van der Waals surface area contributed by atoms with E-state index in [0.717, 1.165) is 21.0 Å². The predicted molar refractivity (Wildman–Crippen MR) is 131 cm³/mol. The molecule has 8 heteroatoms. The van der Waals surface area contributed by atoms with Gasteiger partial charge in [-0.15, -0.1) is 11.3 Å². The normalized spacial score (nSPS) is 14.3. The lowest BCUT2D eigenvalue weighted by atomic mass is 10.0. The molecular formula is C26H25N3O4S. The minimum absolute atomic E-state index is 0.000615. The number of benzene rings is 2. The van der Waals surface area contributed by atoms with Gasteiger partial charge in [-0.1, -0.05) is 12.1 Å². The van der Waals surface area contributed by atoms with Gasteiger partial charge in [0.1, 0.15) is 5.75 Å². The maximum absolute atomic E-state index is 12.8. The number of aromatic nitrogens is 1. The molecule has 7 nitrogen and oxygen atoms in total. The molecule has 34 heavy (non-hydrogen) atoms. The van der Waals surface area contributed by atoms with Crippen LogP contribution in [0.3, 0.4) is 0 Å². The van der Waals surface area contributed by atoms with E-state index in [1.165, 1.54) is 11.3 Å². The molecule has 1 fully saturated rings. The minimum Gasteiger partial charge on any atom is -0.494 e. The summed E-state index contributed by atoms with van der Waals surface area (Å²) in [6.45, 7) is 3.70. The third-order valence-electron chi connectivity index (χ3n) is 5.86. The van der Waals surface area contributed by atoms with E-state index in [4.69, 9.17) is 9.15 Å². The molecule has 0 atom stereocenters. The second-order valence-corrected chi connectivity index (χ2v) is 9.18. The first-order valence-corrected chi connectivity index (χ1v) is 12.2. The van der Waals surface area contributed by atoms with Crippen LogP contribution in [0.4, 0.5) is 0 Å². The Balaban J connectivity index is 1.16. The number of likely N-dealkylation sites (tertiary alicyclic amines) is 1. The zero-order valence-corrected chi connectivity index (χ0v) is 19.6. The summed E-state index contributed by atoms with van der Waals surface area (Å²) in [4.78, 5) is 32.0. The van der Waals surface area contributed by atoms with Crippen molar-refractivity contribution in [1.82, 2.24) is 15.2 Å². The molecule has 1 saturated heterocycles. The number of hydrogen-bond acceptors (Lipinski definition) is 6. The number of carbonyl (C=O) groups excluding carboxylic acids is 2. The largest absolute Gasteiger partial charge is 0.494 e. The fourth-order valence-electron chi connectivity index (χ4n) is 4.08. The minimum atomic E-state index is -0.247. The zero-order chi connectivity index (χ0) is 23.5. The van der Waals surface area contributed by atoms with Crippen LogP contribution < -0.4 is 10.1 Å². The molecule has 0 aliphatic carbocycles. The van der Waals surface area contributed by atoms with E-state index in [-0.39, 0.29) is 23.6 Å². The molecule has 1 aliphatic heterocycles. The van der Waals surface area contributed by atoms with E-state index in [0.29, 0.717) is 43.9 Å². The predicted octanol–water partition coefficient (Wildman–Crippen LogP) is 4.99. The van der Waals surface area contributed by atoms with Crippen molar-refractivity contribution < 1.29 is 18.7 Å². The van der Waals surface area contributed by atoms with Crippen LogP contribution in [-0.4, -0.2) is 47.4 Å². The fourth-order valence-corrected chi connectivity index (χ4v) is 5.01. The molecule has 0 spiro atoms. The van der Waals surface area contributed by atoms with Crippen molar-refractivity contribution in [2.75, 3.05) is 19.7 Å². The van der Waals surface area contributed by atoms with Crippen molar-refractivity contribution in [2.24, 2.45) is 0 Å². The number of thiazole rings is 1. The highest BCUT2D eigenvalue weighted by Gasteiger charge is 2.26. The van der Waals surface area contributed by atoms with Gasteiger partial charge in [0, 0.05) is 24.7 Å². The Morgan fingerprint density at radius 1 is 1.09 bits per heavy atom. The maximum Gasteiger partial charge on any atom is 0.287 e. The van der Waals surface area contributed by atoms with Crippen LogP contribution in [0.1, 0.15) is 40.7 Å². The maximum atomic E-state index is 12.8. The van der Waals surface area contributed by atoms with Crippen LogP contribution in [-0.2, 0) is 0 Å². The number of carbonyl (C=O) groups is 2. The third kappa shape index (κ3) is 4.68. The lowest BCUT2D eigenvalue weighted by molar-refractivity contribution is 0.0695. The average molecular weight is 476 g/mol. The van der Waals surface area contributed by atoms with Gasteiger partial charge in [-0.05, 0) is 68.3 Å². The molecule has 0 saturated carbocycles. The first-order chi connectivity index (χ1) is 16.6. The molecule has 0 bridgehead atoms. The number of rotatable bonds is 6. The quantitative estimate of drug-likeness (QED) is 0.425. The topological polar surface area (TPSA) is 84.7 Å². The smallest absolute Gasteiger partial charge is 0.287 e. The number of nitrogens with one attached hydrogen (secondary N) is 1. The number of nitrogens with zero attached hydrogens (tertiary/aromatic N) is 2. The molecule has 1 N–H and O–H groups in total. The van der Waals surface area contributed by atoms with Gasteiger partial charge in [0.25, 0.3) is 11.8 Å². The van der Waals surface area contributed by atoms with E-state index in [1.807, 2.05) is 48.2 Å². The molecular weight excluding hydrogens is 450 g/mol. The first kappa shape index (κ1) is 22.2. The lowest BCUT2D eigenvalue weighted by Gasteiger charge is -2.32. The highest BCUT2D eigenvalue weighted by atomic mass is 32.1. The Morgan fingerprint density at radius 2 is 1.85 bits per heavy atom. The van der Waals surface area contributed by atoms with Crippen LogP contribution >= 0.6 is 11.3 Å². The van der Waals surface area contributed by atoms with E-state index in [9.17, 15) is 9.59 Å². The van der Waals surface area contributed by atoms with Crippen LogP contribution in [0.25, 0.3) is 21.0 Å². The molecule has 0 unspecified atom stereocenters. The Hall–Kier alpha value is -3.65. The van der Waals surface area contributed by atoms with Crippen molar-refractivity contribution in [1.29, 1.82) is 0 Å². The molecule has 1 aliphatic rings. The Kier molecular flexibility index (Phi) is 6.31. The van der Waals surface area contributed by atoms with Gasteiger partial charge in [0.15, 0.2) is 16.5 Å². The second kappa shape index (κ2) is 9.69. The summed E-state index contributed by atoms with van der Waals surface area (Å²) < 4.78 is 12.3. The SMILES string of the molecule is CCOc1ccc(C(=O)N2CCC(NC(=O)c3ccc(-c4nc5ccccc5s4)o3)CC2)cc1. The summed E-state index contributed by atoms with van der Waals surface area (Å²) >= 11 is 1.53.